The van der Waals surface area contributed by atoms with Crippen molar-refractivity contribution in [2.75, 3.05) is 0 Å². The van der Waals surface area contributed by atoms with Crippen molar-refractivity contribution in [1.29, 1.82) is 0 Å². The third-order valence-corrected chi connectivity index (χ3v) is 4.15. The second kappa shape index (κ2) is 6.73. The summed E-state index contributed by atoms with van der Waals surface area (Å²) < 4.78 is 0. The first kappa shape index (κ1) is 16.6. The number of hydrogen-bond donors (Lipinski definition) is 2. The first-order valence-corrected chi connectivity index (χ1v) is 7.87. The number of aromatic amines is 1. The maximum absolute atomic E-state index is 12.4. The molecule has 0 unspecified atom stereocenters. The molecule has 0 atom stereocenters. The second-order valence-electron chi connectivity index (χ2n) is 5.23. The Kier molecular flexibility index (Phi) is 4.66. The first-order valence-electron chi connectivity index (χ1n) is 7.12. The molecular weight excluding hydrogens is 349 g/mol. The van der Waals surface area contributed by atoms with Crippen LogP contribution in [0.15, 0.2) is 41.3 Å². The van der Waals surface area contributed by atoms with E-state index in [0.29, 0.717) is 33.1 Å². The average Bonchev–Trinajstić information content (AvgIpc) is 2.58. The van der Waals surface area contributed by atoms with Crippen LogP contribution in [-0.2, 0) is 6.61 Å². The van der Waals surface area contributed by atoms with Crippen molar-refractivity contribution < 1.29 is 5.11 Å². The molecular formula is C17H13Cl2N3O2. The van der Waals surface area contributed by atoms with E-state index in [0.717, 1.165) is 5.56 Å². The lowest BCUT2D eigenvalue weighted by Crippen LogP contribution is -2.15. The highest BCUT2D eigenvalue weighted by Gasteiger charge is 2.19. The lowest BCUT2D eigenvalue weighted by atomic mass is 9.97. The monoisotopic (exact) mass is 361 g/mol. The number of H-pyrrole nitrogens is 1. The summed E-state index contributed by atoms with van der Waals surface area (Å²) in [4.78, 5) is 16.7. The van der Waals surface area contributed by atoms with Gasteiger partial charge in [-0.05, 0) is 36.2 Å². The highest BCUT2D eigenvalue weighted by atomic mass is 35.5. The maximum atomic E-state index is 12.4. The van der Waals surface area contributed by atoms with Gasteiger partial charge in [0.25, 0.3) is 5.56 Å². The summed E-state index contributed by atoms with van der Waals surface area (Å²) in [5, 5.41) is 16.6. The van der Waals surface area contributed by atoms with Crippen molar-refractivity contribution in [3.8, 4) is 22.4 Å². The highest BCUT2D eigenvalue weighted by Crippen LogP contribution is 2.34. The molecule has 7 heteroatoms. The Bertz CT molecular complexity index is 953. The van der Waals surface area contributed by atoms with E-state index in [-0.39, 0.29) is 11.6 Å². The number of aliphatic hydroxyl groups is 1. The smallest absolute Gasteiger partial charge is 0.274 e. The van der Waals surface area contributed by atoms with Gasteiger partial charge in [0.2, 0.25) is 0 Å². The van der Waals surface area contributed by atoms with Crippen molar-refractivity contribution in [3.63, 3.8) is 0 Å². The molecule has 0 bridgehead atoms. The fourth-order valence-corrected chi connectivity index (χ4v) is 2.89. The molecule has 3 rings (SSSR count). The largest absolute Gasteiger partial charge is 0.392 e. The van der Waals surface area contributed by atoms with E-state index in [1.165, 1.54) is 6.20 Å². The quantitative estimate of drug-likeness (QED) is 0.746. The van der Waals surface area contributed by atoms with E-state index in [1.807, 2.05) is 12.1 Å². The Morgan fingerprint density at radius 3 is 2.50 bits per heavy atom. The molecule has 2 N–H and O–H groups in total. The summed E-state index contributed by atoms with van der Waals surface area (Å²) in [6, 6.07) is 8.69. The summed E-state index contributed by atoms with van der Waals surface area (Å²) >= 11 is 12.2. The minimum Gasteiger partial charge on any atom is -0.392 e. The number of aliphatic hydroxyl groups excluding tert-OH is 1. The summed E-state index contributed by atoms with van der Waals surface area (Å²) in [7, 11) is 0. The van der Waals surface area contributed by atoms with Gasteiger partial charge in [-0.2, -0.15) is 5.10 Å². The van der Waals surface area contributed by atoms with Gasteiger partial charge in [-0.3, -0.25) is 9.78 Å². The van der Waals surface area contributed by atoms with Crippen LogP contribution in [0.5, 0.6) is 0 Å². The van der Waals surface area contributed by atoms with Crippen LogP contribution >= 0.6 is 23.2 Å². The zero-order valence-electron chi connectivity index (χ0n) is 12.7. The molecule has 2 aromatic heterocycles. The molecule has 0 aliphatic rings. The Balaban J connectivity index is 2.30. The number of aryl methyl sites for hydroxylation is 1. The fourth-order valence-electron chi connectivity index (χ4n) is 2.48. The Morgan fingerprint density at radius 2 is 1.88 bits per heavy atom. The molecule has 0 aliphatic carbocycles. The van der Waals surface area contributed by atoms with E-state index in [4.69, 9.17) is 23.2 Å². The number of pyridine rings is 1. The molecule has 2 heterocycles. The predicted octanol–water partition coefficient (Wildman–Crippen LogP) is 3.61. The topological polar surface area (TPSA) is 78.9 Å². The number of halogens is 2. The van der Waals surface area contributed by atoms with Crippen molar-refractivity contribution in [2.24, 2.45) is 0 Å². The zero-order chi connectivity index (χ0) is 17.3. The molecule has 24 heavy (non-hydrogen) atoms. The van der Waals surface area contributed by atoms with Crippen LogP contribution in [0.1, 0.15) is 11.3 Å². The molecule has 1 aromatic carbocycles. The van der Waals surface area contributed by atoms with Gasteiger partial charge in [-0.25, -0.2) is 5.10 Å². The van der Waals surface area contributed by atoms with Gasteiger partial charge in [-0.1, -0.05) is 35.3 Å². The fraction of sp³-hybridized carbons (Fsp3) is 0.118. The van der Waals surface area contributed by atoms with Crippen LogP contribution in [0.3, 0.4) is 0 Å². The summed E-state index contributed by atoms with van der Waals surface area (Å²) in [5.41, 5.74) is 2.91. The normalized spacial score (nSPS) is 10.8. The SMILES string of the molecule is Cc1n[nH]c(=O)c(-c2ncc(CO)cc2Cl)c1-c1ccc(Cl)cc1. The molecule has 0 amide bonds. The van der Waals surface area contributed by atoms with Crippen molar-refractivity contribution in [2.45, 2.75) is 13.5 Å². The zero-order valence-corrected chi connectivity index (χ0v) is 14.2. The first-order chi connectivity index (χ1) is 11.5. The number of nitrogens with one attached hydrogen (secondary N) is 1. The number of nitrogens with zero attached hydrogens (tertiary/aromatic N) is 2. The second-order valence-corrected chi connectivity index (χ2v) is 6.07. The third kappa shape index (κ3) is 3.06. The van der Waals surface area contributed by atoms with E-state index in [2.05, 4.69) is 15.2 Å². The predicted molar refractivity (Wildman–Crippen MR) is 94.2 cm³/mol. The van der Waals surface area contributed by atoms with Crippen LogP contribution in [0.25, 0.3) is 22.4 Å². The number of benzene rings is 1. The third-order valence-electron chi connectivity index (χ3n) is 3.61. The minimum absolute atomic E-state index is 0.178. The maximum Gasteiger partial charge on any atom is 0.274 e. The van der Waals surface area contributed by atoms with Gasteiger partial charge in [0.15, 0.2) is 0 Å². The van der Waals surface area contributed by atoms with Gasteiger partial charge >= 0.3 is 0 Å². The van der Waals surface area contributed by atoms with Gasteiger partial charge in [0, 0.05) is 16.8 Å². The molecule has 3 aromatic rings. The van der Waals surface area contributed by atoms with Crippen LogP contribution in [-0.4, -0.2) is 20.3 Å². The van der Waals surface area contributed by atoms with Crippen molar-refractivity contribution >= 4 is 23.2 Å². The molecule has 0 saturated heterocycles. The average molecular weight is 362 g/mol. The Labute approximate surface area is 147 Å². The summed E-state index contributed by atoms with van der Waals surface area (Å²) in [5.74, 6) is 0. The molecule has 0 fully saturated rings. The standard InChI is InChI=1S/C17H13Cl2N3O2/c1-9-14(11-2-4-12(18)5-3-11)15(17(24)22-21-9)16-13(19)6-10(8-23)7-20-16/h2-7,23H,8H2,1H3,(H,22,24). The van der Waals surface area contributed by atoms with E-state index in [1.54, 1.807) is 25.1 Å². The molecule has 0 radical (unpaired) electrons. The molecule has 0 saturated carbocycles. The van der Waals surface area contributed by atoms with E-state index >= 15 is 0 Å². The van der Waals surface area contributed by atoms with Crippen LogP contribution in [0.2, 0.25) is 10.0 Å². The lowest BCUT2D eigenvalue weighted by Gasteiger charge is -2.12. The number of hydrogen-bond acceptors (Lipinski definition) is 4. The molecule has 0 aliphatic heterocycles. The van der Waals surface area contributed by atoms with Crippen molar-refractivity contribution in [1.82, 2.24) is 15.2 Å². The lowest BCUT2D eigenvalue weighted by molar-refractivity contribution is 0.281. The minimum atomic E-state index is -0.392. The molecule has 122 valence electrons. The van der Waals surface area contributed by atoms with Crippen LogP contribution < -0.4 is 5.56 Å². The molecule has 0 spiro atoms. The summed E-state index contributed by atoms with van der Waals surface area (Å²) in [6.07, 6.45) is 1.49. The Morgan fingerprint density at radius 1 is 1.17 bits per heavy atom. The van der Waals surface area contributed by atoms with Crippen molar-refractivity contribution in [3.05, 3.63) is 68.2 Å². The van der Waals surface area contributed by atoms with E-state index < -0.39 is 5.56 Å². The number of aromatic nitrogens is 3. The summed E-state index contributed by atoms with van der Waals surface area (Å²) in [6.45, 7) is 1.61. The van der Waals surface area contributed by atoms with Gasteiger partial charge in [0.05, 0.1) is 28.6 Å². The van der Waals surface area contributed by atoms with Crippen LogP contribution in [0.4, 0.5) is 0 Å². The highest BCUT2D eigenvalue weighted by molar-refractivity contribution is 6.33. The van der Waals surface area contributed by atoms with Gasteiger partial charge in [-0.15, -0.1) is 0 Å². The number of rotatable bonds is 3. The van der Waals surface area contributed by atoms with Crippen LogP contribution in [0, 0.1) is 6.92 Å². The van der Waals surface area contributed by atoms with Gasteiger partial charge in [0.1, 0.15) is 0 Å². The van der Waals surface area contributed by atoms with Gasteiger partial charge < -0.3 is 5.11 Å². The molecule has 5 nitrogen and oxygen atoms in total. The van der Waals surface area contributed by atoms with E-state index in [9.17, 15) is 9.90 Å². The Hall–Kier alpha value is -2.21.